The molecule has 0 bridgehead atoms. The Labute approximate surface area is 110 Å². The summed E-state index contributed by atoms with van der Waals surface area (Å²) < 4.78 is 0. The molecule has 0 saturated heterocycles. The van der Waals surface area contributed by atoms with Crippen LogP contribution in [0.2, 0.25) is 0 Å². The largest absolute Gasteiger partial charge is 0.308 e. The summed E-state index contributed by atoms with van der Waals surface area (Å²) in [5, 5.41) is 6.95. The smallest absolute Gasteiger partial charge is 0.113 e. The Morgan fingerprint density at radius 1 is 1.29 bits per heavy atom. The molecule has 2 nitrogen and oxygen atoms in total. The number of nitrogens with one attached hydrogen (secondary N) is 1. The summed E-state index contributed by atoms with van der Waals surface area (Å²) in [7, 11) is 2.05. The number of aromatic nitrogens is 1. The summed E-state index contributed by atoms with van der Waals surface area (Å²) in [6.45, 7) is 11.1. The molecule has 1 aromatic heterocycles. The van der Waals surface area contributed by atoms with E-state index in [4.69, 9.17) is 4.98 Å². The Morgan fingerprint density at radius 3 is 2.29 bits per heavy atom. The van der Waals surface area contributed by atoms with Gasteiger partial charge in [0.05, 0.1) is 11.2 Å². The molecule has 3 heteroatoms. The first kappa shape index (κ1) is 14.7. The molecule has 1 rings (SSSR count). The van der Waals surface area contributed by atoms with Gasteiger partial charge in [-0.1, -0.05) is 41.0 Å². The van der Waals surface area contributed by atoms with Gasteiger partial charge in [0.1, 0.15) is 5.01 Å². The van der Waals surface area contributed by atoms with E-state index in [0.29, 0.717) is 0 Å². The second-order valence-corrected chi connectivity index (χ2v) is 6.58. The number of hydrogen-bond acceptors (Lipinski definition) is 3. The Bertz CT molecular complexity index is 345. The third-order valence-electron chi connectivity index (χ3n) is 3.44. The van der Waals surface area contributed by atoms with Crippen LogP contribution in [0.25, 0.3) is 0 Å². The summed E-state index contributed by atoms with van der Waals surface area (Å²) in [5.41, 5.74) is 1.43. The maximum absolute atomic E-state index is 4.87. The zero-order chi connectivity index (χ0) is 13.1. The molecule has 1 aromatic rings. The average molecular weight is 254 g/mol. The number of hydrogen-bond donors (Lipinski definition) is 1. The van der Waals surface area contributed by atoms with Crippen molar-refractivity contribution in [3.8, 4) is 0 Å². The van der Waals surface area contributed by atoms with Crippen molar-refractivity contribution >= 4 is 11.3 Å². The lowest BCUT2D eigenvalue weighted by Crippen LogP contribution is -2.39. The minimum atomic E-state index is 0.0723. The molecule has 0 aliphatic heterocycles. The fourth-order valence-electron chi connectivity index (χ4n) is 2.11. The van der Waals surface area contributed by atoms with Crippen molar-refractivity contribution in [2.24, 2.45) is 0 Å². The van der Waals surface area contributed by atoms with E-state index < -0.39 is 0 Å². The zero-order valence-corrected chi connectivity index (χ0v) is 12.9. The highest BCUT2D eigenvalue weighted by Crippen LogP contribution is 2.34. The van der Waals surface area contributed by atoms with E-state index in [9.17, 15) is 0 Å². The maximum atomic E-state index is 4.87. The third kappa shape index (κ3) is 3.08. The lowest BCUT2D eigenvalue weighted by molar-refractivity contribution is 0.315. The molecule has 0 aliphatic rings. The molecule has 0 radical (unpaired) electrons. The normalized spacial score (nSPS) is 15.9. The number of rotatable bonds is 5. The Kier molecular flexibility index (Phi) is 4.73. The van der Waals surface area contributed by atoms with Crippen molar-refractivity contribution in [1.82, 2.24) is 10.3 Å². The fourth-order valence-corrected chi connectivity index (χ4v) is 3.46. The molecular formula is C14H26N2S. The van der Waals surface area contributed by atoms with E-state index in [1.165, 1.54) is 17.1 Å². The Morgan fingerprint density at radius 2 is 1.94 bits per heavy atom. The van der Waals surface area contributed by atoms with Gasteiger partial charge in [0.2, 0.25) is 0 Å². The van der Waals surface area contributed by atoms with Crippen LogP contribution in [0.5, 0.6) is 0 Å². The standard InChI is InChI=1S/C14H26N2S/c1-7-9-14(8-2,15-6)12-16-11(10-17-12)13(3,4)5/h10,15H,7-9H2,1-6H3. The molecule has 0 aliphatic carbocycles. The van der Waals surface area contributed by atoms with Gasteiger partial charge in [0.25, 0.3) is 0 Å². The minimum absolute atomic E-state index is 0.0723. The zero-order valence-electron chi connectivity index (χ0n) is 12.1. The quantitative estimate of drug-likeness (QED) is 0.857. The van der Waals surface area contributed by atoms with Crippen molar-refractivity contribution in [2.75, 3.05) is 7.05 Å². The van der Waals surface area contributed by atoms with Crippen LogP contribution in [-0.4, -0.2) is 12.0 Å². The van der Waals surface area contributed by atoms with Gasteiger partial charge in [-0.25, -0.2) is 4.98 Å². The van der Waals surface area contributed by atoms with Crippen LogP contribution in [0, 0.1) is 0 Å². The monoisotopic (exact) mass is 254 g/mol. The summed E-state index contributed by atoms with van der Waals surface area (Å²) in [5.74, 6) is 0. The number of nitrogens with zero attached hydrogens (tertiary/aromatic N) is 1. The third-order valence-corrected chi connectivity index (χ3v) is 4.49. The van der Waals surface area contributed by atoms with Crippen molar-refractivity contribution < 1.29 is 0 Å². The molecular weight excluding hydrogens is 228 g/mol. The molecule has 0 spiro atoms. The summed E-state index contributed by atoms with van der Waals surface area (Å²) in [4.78, 5) is 4.87. The second-order valence-electron chi connectivity index (χ2n) is 5.72. The summed E-state index contributed by atoms with van der Waals surface area (Å²) in [6, 6.07) is 0. The van der Waals surface area contributed by atoms with Gasteiger partial charge in [-0.2, -0.15) is 0 Å². The van der Waals surface area contributed by atoms with Crippen LogP contribution < -0.4 is 5.32 Å². The van der Waals surface area contributed by atoms with Gasteiger partial charge >= 0.3 is 0 Å². The highest BCUT2D eigenvalue weighted by Gasteiger charge is 2.31. The van der Waals surface area contributed by atoms with Gasteiger partial charge < -0.3 is 5.32 Å². The Hall–Kier alpha value is -0.410. The van der Waals surface area contributed by atoms with Crippen LogP contribution >= 0.6 is 11.3 Å². The predicted octanol–water partition coefficient (Wildman–Crippen LogP) is 4.07. The molecule has 1 heterocycles. The first-order chi connectivity index (χ1) is 7.89. The molecule has 1 N–H and O–H groups in total. The van der Waals surface area contributed by atoms with Gasteiger partial charge in [-0.3, -0.25) is 0 Å². The van der Waals surface area contributed by atoms with Crippen molar-refractivity contribution in [3.63, 3.8) is 0 Å². The molecule has 17 heavy (non-hydrogen) atoms. The lowest BCUT2D eigenvalue weighted by Gasteiger charge is -2.30. The first-order valence-electron chi connectivity index (χ1n) is 6.55. The van der Waals surface area contributed by atoms with Gasteiger partial charge in [-0.05, 0) is 19.9 Å². The molecule has 1 unspecified atom stereocenters. The topological polar surface area (TPSA) is 24.9 Å². The van der Waals surface area contributed by atoms with E-state index >= 15 is 0 Å². The van der Waals surface area contributed by atoms with Crippen LogP contribution in [0.1, 0.15) is 64.6 Å². The van der Waals surface area contributed by atoms with E-state index in [-0.39, 0.29) is 11.0 Å². The van der Waals surface area contributed by atoms with Crippen molar-refractivity contribution in [2.45, 2.75) is 64.8 Å². The highest BCUT2D eigenvalue weighted by molar-refractivity contribution is 7.09. The fraction of sp³-hybridized carbons (Fsp3) is 0.786. The lowest BCUT2D eigenvalue weighted by atomic mass is 9.90. The molecule has 0 fully saturated rings. The molecule has 0 saturated carbocycles. The van der Waals surface area contributed by atoms with Crippen LogP contribution in [0.15, 0.2) is 5.38 Å². The van der Waals surface area contributed by atoms with Crippen LogP contribution in [0.3, 0.4) is 0 Å². The van der Waals surface area contributed by atoms with Crippen molar-refractivity contribution in [1.29, 1.82) is 0 Å². The first-order valence-corrected chi connectivity index (χ1v) is 7.43. The van der Waals surface area contributed by atoms with E-state index in [2.05, 4.69) is 52.4 Å². The maximum Gasteiger partial charge on any atom is 0.113 e. The van der Waals surface area contributed by atoms with Gasteiger partial charge in [0.15, 0.2) is 0 Å². The van der Waals surface area contributed by atoms with Gasteiger partial charge in [-0.15, -0.1) is 11.3 Å². The van der Waals surface area contributed by atoms with Crippen molar-refractivity contribution in [3.05, 3.63) is 16.1 Å². The molecule has 1 atom stereocenters. The minimum Gasteiger partial charge on any atom is -0.308 e. The second kappa shape index (κ2) is 5.49. The molecule has 0 amide bonds. The average Bonchev–Trinajstić information content (AvgIpc) is 2.75. The summed E-state index contributed by atoms with van der Waals surface area (Å²) >= 11 is 1.80. The van der Waals surface area contributed by atoms with Crippen LogP contribution in [0.4, 0.5) is 0 Å². The van der Waals surface area contributed by atoms with Crippen LogP contribution in [-0.2, 0) is 11.0 Å². The predicted molar refractivity (Wildman–Crippen MR) is 76.8 cm³/mol. The van der Waals surface area contributed by atoms with E-state index in [0.717, 1.165) is 12.8 Å². The highest BCUT2D eigenvalue weighted by atomic mass is 32.1. The molecule has 0 aromatic carbocycles. The van der Waals surface area contributed by atoms with Gasteiger partial charge in [0, 0.05) is 10.8 Å². The van der Waals surface area contributed by atoms with E-state index in [1.807, 2.05) is 0 Å². The summed E-state index contributed by atoms with van der Waals surface area (Å²) in [6.07, 6.45) is 3.42. The Balaban J connectivity index is 3.08. The van der Waals surface area contributed by atoms with E-state index in [1.54, 1.807) is 11.3 Å². The molecule has 98 valence electrons. The number of thiazole rings is 1. The SMILES string of the molecule is CCCC(CC)(NC)c1nc(C(C)(C)C)cs1.